The van der Waals surface area contributed by atoms with Gasteiger partial charge in [0.05, 0.1) is 16.7 Å². The number of thioether (sulfide) groups is 1. The van der Waals surface area contributed by atoms with E-state index in [9.17, 15) is 10.1 Å². The van der Waals surface area contributed by atoms with E-state index in [1.54, 1.807) is 12.1 Å². The average Bonchev–Trinajstić information content (AvgIpc) is 2.63. The Balaban J connectivity index is 1.78. The van der Waals surface area contributed by atoms with Gasteiger partial charge in [-0.2, -0.15) is 5.26 Å². The molecule has 3 nitrogen and oxygen atoms in total. The summed E-state index contributed by atoms with van der Waals surface area (Å²) < 4.78 is 0. The second kappa shape index (κ2) is 8.24. The van der Waals surface area contributed by atoms with Crippen LogP contribution in [-0.4, -0.2) is 11.7 Å². The first kappa shape index (κ1) is 17.6. The predicted octanol–water partition coefficient (Wildman–Crippen LogP) is 4.65. The van der Waals surface area contributed by atoms with Crippen molar-refractivity contribution in [3.63, 3.8) is 0 Å². The standard InChI is InChI=1S/C20H17ClN2OS/c21-16-8-6-15(7-9-16)17-12-19(24)23-20(18(17)13-22)25-11-10-14-4-2-1-3-5-14/h1-9,17H,10-12H2,(H,23,24)/t17-/m0/s1. The number of nitriles is 1. The summed E-state index contributed by atoms with van der Waals surface area (Å²) in [5.74, 6) is 0.536. The van der Waals surface area contributed by atoms with Gasteiger partial charge in [0.15, 0.2) is 0 Å². The zero-order chi connectivity index (χ0) is 17.6. The topological polar surface area (TPSA) is 52.9 Å². The van der Waals surface area contributed by atoms with Crippen LogP contribution in [0.4, 0.5) is 0 Å². The summed E-state index contributed by atoms with van der Waals surface area (Å²) in [4.78, 5) is 12.1. The van der Waals surface area contributed by atoms with E-state index in [1.807, 2.05) is 30.3 Å². The van der Waals surface area contributed by atoms with E-state index in [1.165, 1.54) is 17.3 Å². The summed E-state index contributed by atoms with van der Waals surface area (Å²) in [6, 6.07) is 19.8. The van der Waals surface area contributed by atoms with E-state index in [4.69, 9.17) is 11.6 Å². The van der Waals surface area contributed by atoms with Crippen molar-refractivity contribution in [1.82, 2.24) is 5.32 Å². The van der Waals surface area contributed by atoms with E-state index in [2.05, 4.69) is 23.5 Å². The second-order valence-corrected chi connectivity index (χ2v) is 7.34. The van der Waals surface area contributed by atoms with Gasteiger partial charge in [0.25, 0.3) is 0 Å². The number of halogens is 1. The number of nitrogens with zero attached hydrogens (tertiary/aromatic N) is 1. The Labute approximate surface area is 156 Å². The van der Waals surface area contributed by atoms with Crippen LogP contribution in [0.25, 0.3) is 0 Å². The van der Waals surface area contributed by atoms with Gasteiger partial charge in [-0.25, -0.2) is 0 Å². The first-order valence-electron chi connectivity index (χ1n) is 8.03. The van der Waals surface area contributed by atoms with Gasteiger partial charge < -0.3 is 5.32 Å². The molecule has 0 aromatic heterocycles. The third kappa shape index (κ3) is 4.45. The normalized spacial score (nSPS) is 17.1. The van der Waals surface area contributed by atoms with Gasteiger partial charge in [0, 0.05) is 23.1 Å². The van der Waals surface area contributed by atoms with Crippen LogP contribution in [0.5, 0.6) is 0 Å². The lowest BCUT2D eigenvalue weighted by molar-refractivity contribution is -0.120. The molecule has 25 heavy (non-hydrogen) atoms. The Bertz CT molecular complexity index is 825. The highest BCUT2D eigenvalue weighted by molar-refractivity contribution is 8.03. The van der Waals surface area contributed by atoms with Crippen LogP contribution in [0.15, 0.2) is 65.2 Å². The quantitative estimate of drug-likeness (QED) is 0.835. The van der Waals surface area contributed by atoms with Crippen LogP contribution in [0.3, 0.4) is 0 Å². The van der Waals surface area contributed by atoms with Crippen LogP contribution in [0.2, 0.25) is 5.02 Å². The smallest absolute Gasteiger partial charge is 0.225 e. The molecule has 0 fully saturated rings. The molecule has 2 aromatic carbocycles. The molecule has 0 saturated carbocycles. The maximum absolute atomic E-state index is 12.1. The Morgan fingerprint density at radius 1 is 1.16 bits per heavy atom. The van der Waals surface area contributed by atoms with Crippen molar-refractivity contribution in [2.24, 2.45) is 0 Å². The van der Waals surface area contributed by atoms with Crippen molar-refractivity contribution in [3.05, 3.63) is 81.3 Å². The molecule has 5 heteroatoms. The molecule has 1 heterocycles. The molecule has 0 aliphatic carbocycles. The molecule has 1 aliphatic rings. The van der Waals surface area contributed by atoms with Gasteiger partial charge in [-0.15, -0.1) is 11.8 Å². The van der Waals surface area contributed by atoms with Crippen molar-refractivity contribution < 1.29 is 4.79 Å². The summed E-state index contributed by atoms with van der Waals surface area (Å²) in [6.45, 7) is 0. The summed E-state index contributed by atoms with van der Waals surface area (Å²) in [5, 5.41) is 13.8. The van der Waals surface area contributed by atoms with Crippen LogP contribution >= 0.6 is 23.4 Å². The Kier molecular flexibility index (Phi) is 5.80. The highest BCUT2D eigenvalue weighted by atomic mass is 35.5. The third-order valence-electron chi connectivity index (χ3n) is 4.11. The fraction of sp³-hybridized carbons (Fsp3) is 0.200. The number of carbonyl (C=O) groups excluding carboxylic acids is 1. The molecular formula is C20H17ClN2OS. The summed E-state index contributed by atoms with van der Waals surface area (Å²) in [7, 11) is 0. The number of benzene rings is 2. The van der Waals surface area contributed by atoms with Crippen molar-refractivity contribution in [1.29, 1.82) is 5.26 Å². The molecule has 1 aliphatic heterocycles. The molecule has 126 valence electrons. The number of rotatable bonds is 5. The van der Waals surface area contributed by atoms with Crippen molar-refractivity contribution in [2.75, 3.05) is 5.75 Å². The average molecular weight is 369 g/mol. The highest BCUT2D eigenvalue weighted by Gasteiger charge is 2.29. The molecule has 3 rings (SSSR count). The predicted molar refractivity (Wildman–Crippen MR) is 102 cm³/mol. The highest BCUT2D eigenvalue weighted by Crippen LogP contribution is 2.36. The minimum Gasteiger partial charge on any atom is -0.320 e. The fourth-order valence-electron chi connectivity index (χ4n) is 2.83. The molecule has 1 amide bonds. The lowest BCUT2D eigenvalue weighted by atomic mass is 9.87. The lowest BCUT2D eigenvalue weighted by Crippen LogP contribution is -2.31. The maximum atomic E-state index is 12.1. The van der Waals surface area contributed by atoms with Gasteiger partial charge in [-0.1, -0.05) is 54.1 Å². The van der Waals surface area contributed by atoms with E-state index < -0.39 is 0 Å². The van der Waals surface area contributed by atoms with E-state index >= 15 is 0 Å². The SMILES string of the molecule is N#CC1=C(SCCc2ccccc2)NC(=O)C[C@H]1c1ccc(Cl)cc1. The van der Waals surface area contributed by atoms with Crippen molar-refractivity contribution >= 4 is 29.3 Å². The number of hydrogen-bond donors (Lipinski definition) is 1. The van der Waals surface area contributed by atoms with Crippen LogP contribution in [-0.2, 0) is 11.2 Å². The van der Waals surface area contributed by atoms with Crippen LogP contribution in [0.1, 0.15) is 23.5 Å². The molecule has 0 saturated heterocycles. The van der Waals surface area contributed by atoms with Crippen molar-refractivity contribution in [3.8, 4) is 6.07 Å². The maximum Gasteiger partial charge on any atom is 0.225 e. The molecular weight excluding hydrogens is 352 g/mol. The Morgan fingerprint density at radius 3 is 2.56 bits per heavy atom. The number of hydrogen-bond acceptors (Lipinski definition) is 3. The minimum atomic E-state index is -0.213. The lowest BCUT2D eigenvalue weighted by Gasteiger charge is -2.25. The van der Waals surface area contributed by atoms with E-state index in [0.717, 1.165) is 17.7 Å². The van der Waals surface area contributed by atoms with E-state index in [-0.39, 0.29) is 18.2 Å². The van der Waals surface area contributed by atoms with E-state index in [0.29, 0.717) is 15.6 Å². The van der Waals surface area contributed by atoms with Crippen LogP contribution in [0, 0.1) is 11.3 Å². The zero-order valence-electron chi connectivity index (χ0n) is 13.5. The van der Waals surface area contributed by atoms with Gasteiger partial charge in [-0.3, -0.25) is 4.79 Å². The number of nitrogens with one attached hydrogen (secondary N) is 1. The summed E-state index contributed by atoms with van der Waals surface area (Å²) in [6.07, 6.45) is 1.17. The molecule has 1 atom stereocenters. The molecule has 2 aromatic rings. The number of carbonyl (C=O) groups is 1. The molecule has 0 radical (unpaired) electrons. The number of aryl methyl sites for hydroxylation is 1. The second-order valence-electron chi connectivity index (χ2n) is 5.80. The van der Waals surface area contributed by atoms with Gasteiger partial charge in [0.1, 0.15) is 0 Å². The van der Waals surface area contributed by atoms with Gasteiger partial charge >= 0.3 is 0 Å². The Hall–Kier alpha value is -2.22. The number of amides is 1. The summed E-state index contributed by atoms with van der Waals surface area (Å²) >= 11 is 7.47. The summed E-state index contributed by atoms with van der Waals surface area (Å²) in [5.41, 5.74) is 2.81. The molecule has 0 unspecified atom stereocenters. The molecule has 0 spiro atoms. The van der Waals surface area contributed by atoms with Gasteiger partial charge in [-0.05, 0) is 29.7 Å². The van der Waals surface area contributed by atoms with Gasteiger partial charge in [0.2, 0.25) is 5.91 Å². The van der Waals surface area contributed by atoms with Crippen molar-refractivity contribution in [2.45, 2.75) is 18.8 Å². The largest absolute Gasteiger partial charge is 0.320 e. The number of allylic oxidation sites excluding steroid dienone is 1. The zero-order valence-corrected chi connectivity index (χ0v) is 15.1. The first-order chi connectivity index (χ1) is 12.2. The monoisotopic (exact) mass is 368 g/mol. The molecule has 0 bridgehead atoms. The molecule has 1 N–H and O–H groups in total. The fourth-order valence-corrected chi connectivity index (χ4v) is 4.03. The Morgan fingerprint density at radius 2 is 1.88 bits per heavy atom. The third-order valence-corrected chi connectivity index (χ3v) is 5.38. The minimum absolute atomic E-state index is 0.0545. The van der Waals surface area contributed by atoms with Crippen LogP contribution < -0.4 is 5.32 Å². The first-order valence-corrected chi connectivity index (χ1v) is 9.40.